The van der Waals surface area contributed by atoms with E-state index in [1.807, 2.05) is 13.0 Å². The van der Waals surface area contributed by atoms with Gasteiger partial charge in [0.05, 0.1) is 12.6 Å². The molecule has 0 aliphatic heterocycles. The van der Waals surface area contributed by atoms with Gasteiger partial charge in [0.1, 0.15) is 5.54 Å². The summed E-state index contributed by atoms with van der Waals surface area (Å²) in [6, 6.07) is 2.04. The molecule has 0 saturated heterocycles. The number of rotatable bonds is 3. The second-order valence-corrected chi connectivity index (χ2v) is 4.53. The molecule has 1 rings (SSSR count). The molecule has 0 spiro atoms. The summed E-state index contributed by atoms with van der Waals surface area (Å²) in [5.74, 6) is 0.370. The van der Waals surface area contributed by atoms with Crippen LogP contribution in [0.1, 0.15) is 39.0 Å². The minimum Gasteiger partial charge on any atom is -0.291 e. The van der Waals surface area contributed by atoms with Gasteiger partial charge in [-0.15, -0.1) is 0 Å². The van der Waals surface area contributed by atoms with Crippen LogP contribution in [0.5, 0.6) is 0 Å². The Hall–Kier alpha value is -0.760. The molecule has 0 heterocycles. The Morgan fingerprint density at radius 2 is 2.19 bits per heavy atom. The van der Waals surface area contributed by atoms with Gasteiger partial charge in [-0.3, -0.25) is 5.32 Å². The molecule has 0 aromatic rings. The maximum Gasteiger partial charge on any atom is 0.401 e. The first kappa shape index (κ1) is 13.3. The summed E-state index contributed by atoms with van der Waals surface area (Å²) >= 11 is 0. The summed E-state index contributed by atoms with van der Waals surface area (Å²) in [7, 11) is 0. The van der Waals surface area contributed by atoms with Crippen LogP contribution < -0.4 is 5.32 Å². The normalized spacial score (nSPS) is 31.1. The van der Waals surface area contributed by atoms with Crippen LogP contribution in [0, 0.1) is 17.2 Å². The molecule has 0 aromatic carbocycles. The first-order chi connectivity index (χ1) is 7.41. The average Bonchev–Trinajstić information content (AvgIpc) is 2.26. The molecule has 5 heteroatoms. The lowest BCUT2D eigenvalue weighted by atomic mass is 9.75. The van der Waals surface area contributed by atoms with Crippen molar-refractivity contribution in [1.82, 2.24) is 5.32 Å². The third kappa shape index (κ3) is 3.67. The Labute approximate surface area is 93.8 Å². The fourth-order valence-electron chi connectivity index (χ4n) is 2.31. The van der Waals surface area contributed by atoms with Gasteiger partial charge >= 0.3 is 6.18 Å². The van der Waals surface area contributed by atoms with E-state index in [4.69, 9.17) is 5.26 Å². The lowest BCUT2D eigenvalue weighted by Crippen LogP contribution is -2.50. The topological polar surface area (TPSA) is 35.8 Å². The highest BCUT2D eigenvalue weighted by molar-refractivity contribution is 5.09. The van der Waals surface area contributed by atoms with Crippen LogP contribution in [-0.2, 0) is 0 Å². The number of hydrogen-bond acceptors (Lipinski definition) is 2. The van der Waals surface area contributed by atoms with Crippen LogP contribution in [0.2, 0.25) is 0 Å². The Balaban J connectivity index is 2.60. The molecule has 1 fully saturated rings. The molecule has 1 N–H and O–H groups in total. The van der Waals surface area contributed by atoms with E-state index < -0.39 is 18.3 Å². The van der Waals surface area contributed by atoms with Crippen LogP contribution >= 0.6 is 0 Å². The standard InChI is InChI=1S/C11H17F3N2/c1-2-9-4-3-5-10(6-9,7-15)16-8-11(12,13)14/h9,16H,2-6,8H2,1H3. The van der Waals surface area contributed by atoms with Crippen molar-refractivity contribution < 1.29 is 13.2 Å². The molecule has 0 radical (unpaired) electrons. The van der Waals surface area contributed by atoms with Gasteiger partial charge in [0, 0.05) is 0 Å². The highest BCUT2D eigenvalue weighted by Gasteiger charge is 2.39. The van der Waals surface area contributed by atoms with Crippen molar-refractivity contribution >= 4 is 0 Å². The minimum absolute atomic E-state index is 0.370. The smallest absolute Gasteiger partial charge is 0.291 e. The number of nitrogens with one attached hydrogen (secondary N) is 1. The summed E-state index contributed by atoms with van der Waals surface area (Å²) in [5.41, 5.74) is -0.964. The molecule has 16 heavy (non-hydrogen) atoms. The van der Waals surface area contributed by atoms with Gasteiger partial charge < -0.3 is 0 Å². The maximum atomic E-state index is 12.1. The molecule has 1 saturated carbocycles. The zero-order chi connectivity index (χ0) is 12.2. The lowest BCUT2D eigenvalue weighted by Gasteiger charge is -2.36. The molecular formula is C11H17F3N2. The summed E-state index contributed by atoms with van der Waals surface area (Å²) in [5, 5.41) is 11.5. The van der Waals surface area contributed by atoms with Gasteiger partial charge in [-0.05, 0) is 18.8 Å². The number of nitrogens with zero attached hydrogens (tertiary/aromatic N) is 1. The molecule has 0 aromatic heterocycles. The summed E-state index contributed by atoms with van der Waals surface area (Å²) in [6.07, 6.45) is -0.406. The van der Waals surface area contributed by atoms with Crippen LogP contribution in [-0.4, -0.2) is 18.3 Å². The van der Waals surface area contributed by atoms with E-state index in [1.165, 1.54) is 0 Å². The lowest BCUT2D eigenvalue weighted by molar-refractivity contribution is -0.128. The first-order valence-electron chi connectivity index (χ1n) is 5.64. The van der Waals surface area contributed by atoms with Crippen molar-refractivity contribution in [2.75, 3.05) is 6.54 Å². The molecule has 92 valence electrons. The van der Waals surface area contributed by atoms with Crippen LogP contribution in [0.3, 0.4) is 0 Å². The van der Waals surface area contributed by atoms with Crippen molar-refractivity contribution in [3.63, 3.8) is 0 Å². The third-order valence-electron chi connectivity index (χ3n) is 3.27. The van der Waals surface area contributed by atoms with E-state index in [-0.39, 0.29) is 0 Å². The van der Waals surface area contributed by atoms with Crippen molar-refractivity contribution in [2.24, 2.45) is 5.92 Å². The second kappa shape index (κ2) is 5.05. The first-order valence-corrected chi connectivity index (χ1v) is 5.64. The Bertz CT molecular complexity index is 269. The molecule has 1 aliphatic rings. The third-order valence-corrected chi connectivity index (χ3v) is 3.27. The van der Waals surface area contributed by atoms with E-state index in [1.54, 1.807) is 0 Å². The Morgan fingerprint density at radius 3 is 2.69 bits per heavy atom. The van der Waals surface area contributed by atoms with Crippen LogP contribution in [0.25, 0.3) is 0 Å². The summed E-state index contributed by atoms with van der Waals surface area (Å²) in [6.45, 7) is 0.943. The molecule has 0 amide bonds. The zero-order valence-corrected chi connectivity index (χ0v) is 9.40. The zero-order valence-electron chi connectivity index (χ0n) is 9.40. The summed E-state index contributed by atoms with van der Waals surface area (Å²) < 4.78 is 36.4. The van der Waals surface area contributed by atoms with Crippen molar-refractivity contribution in [3.8, 4) is 6.07 Å². The molecule has 2 unspecified atom stereocenters. The van der Waals surface area contributed by atoms with E-state index in [0.717, 1.165) is 19.3 Å². The average molecular weight is 234 g/mol. The Kier molecular flexibility index (Phi) is 4.20. The van der Waals surface area contributed by atoms with Crippen molar-refractivity contribution in [2.45, 2.75) is 50.7 Å². The highest BCUT2D eigenvalue weighted by atomic mass is 19.4. The fourth-order valence-corrected chi connectivity index (χ4v) is 2.31. The van der Waals surface area contributed by atoms with Gasteiger partial charge in [0.15, 0.2) is 0 Å². The quantitative estimate of drug-likeness (QED) is 0.814. The molecular weight excluding hydrogens is 217 g/mol. The fraction of sp³-hybridized carbons (Fsp3) is 0.909. The van der Waals surface area contributed by atoms with Crippen molar-refractivity contribution in [3.05, 3.63) is 0 Å². The largest absolute Gasteiger partial charge is 0.401 e. The SMILES string of the molecule is CCC1CCCC(C#N)(NCC(F)(F)F)C1. The molecule has 2 nitrogen and oxygen atoms in total. The van der Waals surface area contributed by atoms with E-state index in [2.05, 4.69) is 5.32 Å². The van der Waals surface area contributed by atoms with Crippen LogP contribution in [0.15, 0.2) is 0 Å². The van der Waals surface area contributed by atoms with Gasteiger partial charge in [0.2, 0.25) is 0 Å². The number of hydrogen-bond donors (Lipinski definition) is 1. The minimum atomic E-state index is -4.25. The second-order valence-electron chi connectivity index (χ2n) is 4.53. The van der Waals surface area contributed by atoms with E-state index in [0.29, 0.717) is 18.8 Å². The van der Waals surface area contributed by atoms with E-state index >= 15 is 0 Å². The Morgan fingerprint density at radius 1 is 1.50 bits per heavy atom. The van der Waals surface area contributed by atoms with Crippen LogP contribution in [0.4, 0.5) is 13.2 Å². The molecule has 2 atom stereocenters. The van der Waals surface area contributed by atoms with Gasteiger partial charge in [-0.25, -0.2) is 0 Å². The van der Waals surface area contributed by atoms with Gasteiger partial charge in [-0.1, -0.05) is 26.2 Å². The number of alkyl halides is 3. The molecule has 1 aliphatic carbocycles. The number of halogens is 3. The highest BCUT2D eigenvalue weighted by Crippen LogP contribution is 2.34. The van der Waals surface area contributed by atoms with Gasteiger partial charge in [-0.2, -0.15) is 18.4 Å². The molecule has 0 bridgehead atoms. The predicted molar refractivity (Wildman–Crippen MR) is 54.7 cm³/mol. The van der Waals surface area contributed by atoms with E-state index in [9.17, 15) is 13.2 Å². The summed E-state index contributed by atoms with van der Waals surface area (Å²) in [4.78, 5) is 0. The van der Waals surface area contributed by atoms with Gasteiger partial charge in [0.25, 0.3) is 0 Å². The predicted octanol–water partition coefficient (Wildman–Crippen LogP) is 3.00. The number of nitriles is 1. The maximum absolute atomic E-state index is 12.1. The monoisotopic (exact) mass is 234 g/mol. The van der Waals surface area contributed by atoms with Crippen molar-refractivity contribution in [1.29, 1.82) is 5.26 Å².